The Hall–Kier alpha value is -2.87. The Balaban J connectivity index is 1.33. The first-order chi connectivity index (χ1) is 11.8. The largest absolute Gasteiger partial charge is 0.454 e. The third-order valence-electron chi connectivity index (χ3n) is 3.44. The topological polar surface area (TPSA) is 86.5 Å². The molecule has 0 saturated heterocycles. The number of fused-ring (bicyclic) bond motifs is 1. The number of carbonyl (C=O) groups excluding carboxylic acids is 1. The van der Waals surface area contributed by atoms with E-state index in [1.54, 1.807) is 6.07 Å². The average Bonchev–Trinajstić information content (AvgIpc) is 3.32. The SMILES string of the molecule is O=C(Cc1ccc2c(c1)OCO2)NCc1nnc(-c2cccs2)o1. The highest BCUT2D eigenvalue weighted by atomic mass is 32.1. The summed E-state index contributed by atoms with van der Waals surface area (Å²) in [5, 5.41) is 12.6. The second kappa shape index (κ2) is 6.32. The van der Waals surface area contributed by atoms with Gasteiger partial charge in [0.2, 0.25) is 18.6 Å². The van der Waals surface area contributed by atoms with Gasteiger partial charge in [-0.1, -0.05) is 12.1 Å². The van der Waals surface area contributed by atoms with Crippen LogP contribution in [0, 0.1) is 0 Å². The smallest absolute Gasteiger partial charge is 0.257 e. The maximum absolute atomic E-state index is 12.1. The molecule has 3 heterocycles. The molecule has 0 saturated carbocycles. The van der Waals surface area contributed by atoms with Crippen molar-refractivity contribution >= 4 is 17.2 Å². The zero-order valence-electron chi connectivity index (χ0n) is 12.5. The van der Waals surface area contributed by atoms with Crippen molar-refractivity contribution in [3.8, 4) is 22.3 Å². The highest BCUT2D eigenvalue weighted by molar-refractivity contribution is 7.13. The van der Waals surface area contributed by atoms with E-state index >= 15 is 0 Å². The van der Waals surface area contributed by atoms with Gasteiger partial charge in [-0.25, -0.2) is 0 Å². The molecule has 0 spiro atoms. The molecule has 0 atom stereocenters. The number of ether oxygens (including phenoxy) is 2. The van der Waals surface area contributed by atoms with Gasteiger partial charge in [-0.05, 0) is 29.1 Å². The molecule has 122 valence electrons. The van der Waals surface area contributed by atoms with Crippen molar-refractivity contribution in [3.63, 3.8) is 0 Å². The molecule has 0 bridgehead atoms. The summed E-state index contributed by atoms with van der Waals surface area (Å²) in [5.74, 6) is 2.07. The van der Waals surface area contributed by atoms with Gasteiger partial charge in [0.15, 0.2) is 11.5 Å². The second-order valence-corrected chi connectivity index (χ2v) is 6.07. The molecule has 1 aliphatic rings. The molecular weight excluding hydrogens is 330 g/mol. The molecule has 1 N–H and O–H groups in total. The number of nitrogens with zero attached hydrogens (tertiary/aromatic N) is 2. The summed E-state index contributed by atoms with van der Waals surface area (Å²) >= 11 is 1.52. The van der Waals surface area contributed by atoms with Crippen LogP contribution in [0.1, 0.15) is 11.5 Å². The number of carbonyl (C=O) groups is 1. The van der Waals surface area contributed by atoms with Gasteiger partial charge in [0.05, 0.1) is 17.8 Å². The van der Waals surface area contributed by atoms with Gasteiger partial charge in [0.25, 0.3) is 5.89 Å². The first-order valence-corrected chi connectivity index (χ1v) is 8.17. The molecule has 0 unspecified atom stereocenters. The molecular formula is C16H13N3O4S. The minimum Gasteiger partial charge on any atom is -0.454 e. The average molecular weight is 343 g/mol. The van der Waals surface area contributed by atoms with Crippen LogP contribution in [-0.2, 0) is 17.8 Å². The van der Waals surface area contributed by atoms with E-state index in [-0.39, 0.29) is 25.7 Å². The van der Waals surface area contributed by atoms with Gasteiger partial charge in [-0.2, -0.15) is 0 Å². The van der Waals surface area contributed by atoms with Crippen molar-refractivity contribution in [2.75, 3.05) is 6.79 Å². The van der Waals surface area contributed by atoms with Crippen LogP contribution in [0.2, 0.25) is 0 Å². The third kappa shape index (κ3) is 3.09. The second-order valence-electron chi connectivity index (χ2n) is 5.12. The van der Waals surface area contributed by atoms with Crippen molar-refractivity contribution < 1.29 is 18.7 Å². The van der Waals surface area contributed by atoms with Crippen LogP contribution in [0.25, 0.3) is 10.8 Å². The van der Waals surface area contributed by atoms with Crippen LogP contribution < -0.4 is 14.8 Å². The minimum atomic E-state index is -0.135. The summed E-state index contributed by atoms with van der Waals surface area (Å²) in [6.07, 6.45) is 0.239. The molecule has 1 aliphatic heterocycles. The fraction of sp³-hybridized carbons (Fsp3) is 0.188. The molecule has 24 heavy (non-hydrogen) atoms. The fourth-order valence-corrected chi connectivity index (χ4v) is 2.94. The summed E-state index contributed by atoms with van der Waals surface area (Å²) in [7, 11) is 0. The van der Waals surface area contributed by atoms with Crippen molar-refractivity contribution in [1.82, 2.24) is 15.5 Å². The molecule has 8 heteroatoms. The van der Waals surface area contributed by atoms with E-state index in [1.165, 1.54) is 11.3 Å². The summed E-state index contributed by atoms with van der Waals surface area (Å²) in [6.45, 7) is 0.413. The van der Waals surface area contributed by atoms with Crippen molar-refractivity contribution in [2.24, 2.45) is 0 Å². The molecule has 2 aromatic heterocycles. The van der Waals surface area contributed by atoms with E-state index in [4.69, 9.17) is 13.9 Å². The van der Waals surface area contributed by atoms with Gasteiger partial charge in [0.1, 0.15) is 0 Å². The number of amides is 1. The van der Waals surface area contributed by atoms with Gasteiger partial charge in [-0.3, -0.25) is 4.79 Å². The van der Waals surface area contributed by atoms with Crippen molar-refractivity contribution in [2.45, 2.75) is 13.0 Å². The Kier molecular flexibility index (Phi) is 3.87. The molecule has 3 aromatic rings. The first kappa shape index (κ1) is 14.7. The van der Waals surface area contributed by atoms with E-state index in [1.807, 2.05) is 29.6 Å². The molecule has 1 aromatic carbocycles. The summed E-state index contributed by atoms with van der Waals surface area (Å²) in [5.41, 5.74) is 0.849. The van der Waals surface area contributed by atoms with Crippen LogP contribution in [0.15, 0.2) is 40.1 Å². The Morgan fingerprint density at radius 1 is 1.21 bits per heavy atom. The molecule has 0 fully saturated rings. The number of thiophene rings is 1. The Bertz CT molecular complexity index is 860. The molecule has 4 rings (SSSR count). The molecule has 0 radical (unpaired) electrons. The summed E-state index contributed by atoms with van der Waals surface area (Å²) in [4.78, 5) is 13.0. The normalized spacial score (nSPS) is 12.3. The van der Waals surface area contributed by atoms with Crippen molar-refractivity contribution in [3.05, 3.63) is 47.2 Å². The van der Waals surface area contributed by atoms with Crippen LogP contribution in [-0.4, -0.2) is 22.9 Å². The van der Waals surface area contributed by atoms with Crippen LogP contribution in [0.4, 0.5) is 0 Å². The zero-order chi connectivity index (χ0) is 16.4. The number of nitrogens with one attached hydrogen (secondary N) is 1. The van der Waals surface area contributed by atoms with Crippen LogP contribution in [0.5, 0.6) is 11.5 Å². The number of benzene rings is 1. The lowest BCUT2D eigenvalue weighted by atomic mass is 10.1. The monoisotopic (exact) mass is 343 g/mol. The number of hydrogen-bond donors (Lipinski definition) is 1. The van der Waals surface area contributed by atoms with Crippen LogP contribution in [0.3, 0.4) is 0 Å². The van der Waals surface area contributed by atoms with Gasteiger partial charge >= 0.3 is 0 Å². The van der Waals surface area contributed by atoms with Crippen LogP contribution >= 0.6 is 11.3 Å². The maximum Gasteiger partial charge on any atom is 0.257 e. The van der Waals surface area contributed by atoms with Gasteiger partial charge in [-0.15, -0.1) is 21.5 Å². The highest BCUT2D eigenvalue weighted by Gasteiger charge is 2.15. The first-order valence-electron chi connectivity index (χ1n) is 7.29. The summed E-state index contributed by atoms with van der Waals surface area (Å²) in [6, 6.07) is 9.27. The standard InChI is InChI=1S/C16H13N3O4S/c20-14(7-10-3-4-11-12(6-10)22-9-21-11)17-8-15-18-19-16(23-15)13-2-1-5-24-13/h1-6H,7-9H2,(H,17,20). The zero-order valence-corrected chi connectivity index (χ0v) is 13.3. The predicted molar refractivity (Wildman–Crippen MR) is 85.7 cm³/mol. The lowest BCUT2D eigenvalue weighted by molar-refractivity contribution is -0.120. The van der Waals surface area contributed by atoms with Crippen molar-refractivity contribution in [1.29, 1.82) is 0 Å². The maximum atomic E-state index is 12.1. The Morgan fingerprint density at radius 3 is 3.00 bits per heavy atom. The number of hydrogen-bond acceptors (Lipinski definition) is 7. The molecule has 7 nitrogen and oxygen atoms in total. The predicted octanol–water partition coefficient (Wildman–Crippen LogP) is 2.39. The van der Waals surface area contributed by atoms with E-state index in [0.717, 1.165) is 10.4 Å². The Labute approximate surface area is 141 Å². The quantitative estimate of drug-likeness (QED) is 0.765. The molecule has 1 amide bonds. The van der Waals surface area contributed by atoms with E-state index in [2.05, 4.69) is 15.5 Å². The van der Waals surface area contributed by atoms with E-state index < -0.39 is 0 Å². The minimum absolute atomic E-state index is 0.135. The third-order valence-corrected chi connectivity index (χ3v) is 4.30. The summed E-state index contributed by atoms with van der Waals surface area (Å²) < 4.78 is 16.1. The lowest BCUT2D eigenvalue weighted by Gasteiger charge is -2.04. The van der Waals surface area contributed by atoms with E-state index in [9.17, 15) is 4.79 Å². The molecule has 0 aliphatic carbocycles. The highest BCUT2D eigenvalue weighted by Crippen LogP contribution is 2.32. The Morgan fingerprint density at radius 2 is 2.12 bits per heavy atom. The number of aromatic nitrogens is 2. The fourth-order valence-electron chi connectivity index (χ4n) is 2.30. The van der Waals surface area contributed by atoms with Gasteiger partial charge < -0.3 is 19.2 Å². The lowest BCUT2D eigenvalue weighted by Crippen LogP contribution is -2.24. The van der Waals surface area contributed by atoms with E-state index in [0.29, 0.717) is 23.3 Å². The number of rotatable bonds is 5. The van der Waals surface area contributed by atoms with Gasteiger partial charge in [0, 0.05) is 0 Å².